The van der Waals surface area contributed by atoms with Gasteiger partial charge in [-0.05, 0) is 25.8 Å². The third kappa shape index (κ3) is 3.02. The summed E-state index contributed by atoms with van der Waals surface area (Å²) in [7, 11) is 1.73. The molecular weight excluding hydrogens is 230 g/mol. The van der Waals surface area contributed by atoms with Crippen molar-refractivity contribution in [3.8, 4) is 0 Å². The molecule has 2 rings (SSSR count). The second-order valence-electron chi connectivity index (χ2n) is 5.46. The van der Waals surface area contributed by atoms with Crippen molar-refractivity contribution in [2.45, 2.75) is 19.3 Å². The summed E-state index contributed by atoms with van der Waals surface area (Å²) in [5.41, 5.74) is 5.54. The van der Waals surface area contributed by atoms with E-state index in [9.17, 15) is 4.79 Å². The van der Waals surface area contributed by atoms with E-state index in [1.807, 2.05) is 4.90 Å². The number of hydrogen-bond donors (Lipinski definition) is 1. The van der Waals surface area contributed by atoms with Gasteiger partial charge in [0, 0.05) is 39.8 Å². The van der Waals surface area contributed by atoms with E-state index < -0.39 is 0 Å². The van der Waals surface area contributed by atoms with Crippen molar-refractivity contribution in [2.24, 2.45) is 11.1 Å². The second-order valence-corrected chi connectivity index (χ2v) is 5.46. The highest BCUT2D eigenvalue weighted by molar-refractivity contribution is 5.85. The molecule has 1 aliphatic carbocycles. The van der Waals surface area contributed by atoms with Crippen LogP contribution in [0, 0.1) is 5.41 Å². The summed E-state index contributed by atoms with van der Waals surface area (Å²) in [5, 5.41) is 0. The van der Waals surface area contributed by atoms with Crippen LogP contribution in [0.25, 0.3) is 0 Å². The molecule has 1 heterocycles. The Morgan fingerprint density at radius 1 is 1.28 bits per heavy atom. The standard InChI is InChI=1S/C13H25N3O2/c1-18-10-9-15-5-2-6-16(8-7-15)12(17)13(11-14)3-4-13/h2-11,14H2,1H3. The molecule has 0 aromatic carbocycles. The van der Waals surface area contributed by atoms with Gasteiger partial charge in [-0.1, -0.05) is 0 Å². The number of carbonyl (C=O) groups excluding carboxylic acids is 1. The van der Waals surface area contributed by atoms with Gasteiger partial charge in [-0.15, -0.1) is 0 Å². The van der Waals surface area contributed by atoms with Crippen LogP contribution in [-0.4, -0.2) is 68.7 Å². The zero-order valence-corrected chi connectivity index (χ0v) is 11.4. The summed E-state index contributed by atoms with van der Waals surface area (Å²) in [6, 6.07) is 0. The third-order valence-corrected chi connectivity index (χ3v) is 4.19. The molecule has 18 heavy (non-hydrogen) atoms. The Bertz CT molecular complexity index is 292. The van der Waals surface area contributed by atoms with Gasteiger partial charge in [-0.2, -0.15) is 0 Å². The fourth-order valence-corrected chi connectivity index (χ4v) is 2.61. The largest absolute Gasteiger partial charge is 0.383 e. The molecule has 1 saturated carbocycles. The summed E-state index contributed by atoms with van der Waals surface area (Å²) >= 11 is 0. The molecule has 2 fully saturated rings. The number of nitrogens with zero attached hydrogens (tertiary/aromatic N) is 2. The van der Waals surface area contributed by atoms with Crippen LogP contribution in [0.15, 0.2) is 0 Å². The topological polar surface area (TPSA) is 58.8 Å². The van der Waals surface area contributed by atoms with Crippen LogP contribution >= 0.6 is 0 Å². The summed E-state index contributed by atoms with van der Waals surface area (Å²) in [6.07, 6.45) is 3.01. The minimum Gasteiger partial charge on any atom is -0.383 e. The Labute approximate surface area is 109 Å². The molecule has 0 aromatic heterocycles. The van der Waals surface area contributed by atoms with Crippen LogP contribution in [0.2, 0.25) is 0 Å². The quantitative estimate of drug-likeness (QED) is 0.746. The van der Waals surface area contributed by atoms with Crippen molar-refractivity contribution in [3.05, 3.63) is 0 Å². The lowest BCUT2D eigenvalue weighted by Gasteiger charge is -2.25. The molecule has 1 saturated heterocycles. The molecule has 0 bridgehead atoms. The average molecular weight is 255 g/mol. The summed E-state index contributed by atoms with van der Waals surface area (Å²) < 4.78 is 5.10. The van der Waals surface area contributed by atoms with E-state index >= 15 is 0 Å². The van der Waals surface area contributed by atoms with E-state index in [1.54, 1.807) is 7.11 Å². The number of amides is 1. The minimum atomic E-state index is -0.193. The van der Waals surface area contributed by atoms with E-state index in [4.69, 9.17) is 10.5 Å². The first-order valence-electron chi connectivity index (χ1n) is 6.92. The van der Waals surface area contributed by atoms with Crippen LogP contribution in [-0.2, 0) is 9.53 Å². The van der Waals surface area contributed by atoms with Gasteiger partial charge in [0.05, 0.1) is 12.0 Å². The molecule has 2 N–H and O–H groups in total. The van der Waals surface area contributed by atoms with Crippen molar-refractivity contribution in [2.75, 3.05) is 53.0 Å². The Hall–Kier alpha value is -0.650. The molecule has 0 radical (unpaired) electrons. The Kier molecular flexibility index (Phi) is 4.59. The molecule has 0 atom stereocenters. The van der Waals surface area contributed by atoms with Gasteiger partial charge >= 0.3 is 0 Å². The second kappa shape index (κ2) is 5.99. The van der Waals surface area contributed by atoms with Gasteiger partial charge in [0.1, 0.15) is 0 Å². The molecule has 0 spiro atoms. The van der Waals surface area contributed by atoms with Crippen LogP contribution in [0.3, 0.4) is 0 Å². The number of ether oxygens (including phenoxy) is 1. The smallest absolute Gasteiger partial charge is 0.230 e. The van der Waals surface area contributed by atoms with Gasteiger partial charge in [0.25, 0.3) is 0 Å². The highest BCUT2D eigenvalue weighted by Gasteiger charge is 2.50. The van der Waals surface area contributed by atoms with Crippen molar-refractivity contribution in [3.63, 3.8) is 0 Å². The van der Waals surface area contributed by atoms with Crippen LogP contribution < -0.4 is 5.73 Å². The molecule has 0 aromatic rings. The SMILES string of the molecule is COCCN1CCCN(C(=O)C2(CN)CC2)CC1. The van der Waals surface area contributed by atoms with Crippen molar-refractivity contribution in [1.82, 2.24) is 9.80 Å². The molecule has 1 amide bonds. The highest BCUT2D eigenvalue weighted by Crippen LogP contribution is 2.46. The maximum Gasteiger partial charge on any atom is 0.230 e. The fraction of sp³-hybridized carbons (Fsp3) is 0.923. The molecule has 1 aliphatic heterocycles. The van der Waals surface area contributed by atoms with E-state index in [0.717, 1.165) is 58.6 Å². The van der Waals surface area contributed by atoms with E-state index in [0.29, 0.717) is 12.5 Å². The van der Waals surface area contributed by atoms with Gasteiger partial charge in [-0.3, -0.25) is 9.69 Å². The van der Waals surface area contributed by atoms with E-state index in [1.165, 1.54) is 0 Å². The number of hydrogen-bond acceptors (Lipinski definition) is 4. The van der Waals surface area contributed by atoms with Crippen LogP contribution in [0.4, 0.5) is 0 Å². The van der Waals surface area contributed by atoms with Gasteiger partial charge in [-0.25, -0.2) is 0 Å². The van der Waals surface area contributed by atoms with Gasteiger partial charge in [0.15, 0.2) is 0 Å². The zero-order valence-electron chi connectivity index (χ0n) is 11.4. The zero-order chi connectivity index (χ0) is 13.0. The molecule has 104 valence electrons. The monoisotopic (exact) mass is 255 g/mol. The predicted molar refractivity (Wildman–Crippen MR) is 70.2 cm³/mol. The molecule has 0 unspecified atom stereocenters. The number of rotatable bonds is 5. The third-order valence-electron chi connectivity index (χ3n) is 4.19. The van der Waals surface area contributed by atoms with Crippen LogP contribution in [0.1, 0.15) is 19.3 Å². The average Bonchev–Trinajstić information content (AvgIpc) is 3.20. The number of nitrogens with two attached hydrogens (primary N) is 1. The van der Waals surface area contributed by atoms with E-state index in [-0.39, 0.29) is 5.41 Å². The molecule has 5 heteroatoms. The summed E-state index contributed by atoms with van der Waals surface area (Å²) in [4.78, 5) is 16.8. The highest BCUT2D eigenvalue weighted by atomic mass is 16.5. The molecule has 5 nitrogen and oxygen atoms in total. The lowest BCUT2D eigenvalue weighted by molar-refractivity contribution is -0.136. The first kappa shape index (κ1) is 13.8. The summed E-state index contributed by atoms with van der Waals surface area (Å²) in [6.45, 7) is 5.96. The minimum absolute atomic E-state index is 0.193. The van der Waals surface area contributed by atoms with Crippen LogP contribution in [0.5, 0.6) is 0 Å². The van der Waals surface area contributed by atoms with Crippen molar-refractivity contribution < 1.29 is 9.53 Å². The first-order chi connectivity index (χ1) is 8.72. The maximum atomic E-state index is 12.4. The maximum absolute atomic E-state index is 12.4. The van der Waals surface area contributed by atoms with Crippen molar-refractivity contribution >= 4 is 5.91 Å². The number of methoxy groups -OCH3 is 1. The van der Waals surface area contributed by atoms with Gasteiger partial charge in [0.2, 0.25) is 5.91 Å². The van der Waals surface area contributed by atoms with Crippen molar-refractivity contribution in [1.29, 1.82) is 0 Å². The Morgan fingerprint density at radius 2 is 2.06 bits per heavy atom. The van der Waals surface area contributed by atoms with Gasteiger partial charge < -0.3 is 15.4 Å². The normalized spacial score (nSPS) is 23.8. The Balaban J connectivity index is 1.83. The molecule has 2 aliphatic rings. The lowest BCUT2D eigenvalue weighted by Crippen LogP contribution is -2.42. The first-order valence-corrected chi connectivity index (χ1v) is 6.92. The Morgan fingerprint density at radius 3 is 2.67 bits per heavy atom. The summed E-state index contributed by atoms with van der Waals surface area (Å²) in [5.74, 6) is 0.290. The fourth-order valence-electron chi connectivity index (χ4n) is 2.61. The number of carbonyl (C=O) groups is 1. The van der Waals surface area contributed by atoms with E-state index in [2.05, 4.69) is 4.90 Å². The molecular formula is C13H25N3O2. The lowest BCUT2D eigenvalue weighted by atomic mass is 10.1. The predicted octanol–water partition coefficient (Wildman–Crippen LogP) is -0.0940.